The first-order valence-electron chi connectivity index (χ1n) is 8.64. The number of anilines is 1. The van der Waals surface area contributed by atoms with E-state index in [1.165, 1.54) is 12.4 Å². The van der Waals surface area contributed by atoms with Crippen molar-refractivity contribution in [1.29, 1.82) is 0 Å². The Labute approximate surface area is 154 Å². The highest BCUT2D eigenvalue weighted by Gasteiger charge is 2.12. The number of aromatic nitrogens is 1. The van der Waals surface area contributed by atoms with E-state index < -0.39 is 0 Å². The maximum absolute atomic E-state index is 12.5. The summed E-state index contributed by atoms with van der Waals surface area (Å²) < 4.78 is 0. The Morgan fingerprint density at radius 3 is 2.46 bits per heavy atom. The number of benzene rings is 1. The molecule has 2 aromatic rings. The number of nitrogens with zero attached hydrogens (tertiary/aromatic N) is 2. The Morgan fingerprint density at radius 2 is 1.77 bits per heavy atom. The molecule has 0 aliphatic heterocycles. The van der Waals surface area contributed by atoms with Gasteiger partial charge in [0.2, 0.25) is 0 Å². The standard InChI is InChI=1S/C20H26N4O2/c1-14-7-5-8-18(15(14)2)23-20(26)17-11-16(12-21-13-17)19(25)22-9-6-10-24(3)4/h5,7-8,11-13H,6,9-10H2,1-4H3,(H,22,25)(H,23,26). The number of pyridine rings is 1. The van der Waals surface area contributed by atoms with E-state index >= 15 is 0 Å². The number of carbonyl (C=O) groups excluding carboxylic acids is 2. The van der Waals surface area contributed by atoms with Gasteiger partial charge in [0.05, 0.1) is 11.1 Å². The van der Waals surface area contributed by atoms with Gasteiger partial charge in [0.15, 0.2) is 0 Å². The van der Waals surface area contributed by atoms with E-state index in [-0.39, 0.29) is 11.8 Å². The molecule has 6 nitrogen and oxygen atoms in total. The zero-order chi connectivity index (χ0) is 19.1. The molecule has 0 atom stereocenters. The van der Waals surface area contributed by atoms with Crippen molar-refractivity contribution in [2.24, 2.45) is 0 Å². The average molecular weight is 354 g/mol. The Morgan fingerprint density at radius 1 is 1.08 bits per heavy atom. The second kappa shape index (κ2) is 9.10. The number of hydrogen-bond acceptors (Lipinski definition) is 4. The summed E-state index contributed by atoms with van der Waals surface area (Å²) in [6, 6.07) is 7.31. The molecule has 0 radical (unpaired) electrons. The number of amides is 2. The number of nitrogens with one attached hydrogen (secondary N) is 2. The molecule has 0 aliphatic carbocycles. The van der Waals surface area contributed by atoms with Gasteiger partial charge in [-0.15, -0.1) is 0 Å². The van der Waals surface area contributed by atoms with Gasteiger partial charge in [0.25, 0.3) is 11.8 Å². The molecule has 1 aromatic heterocycles. The molecule has 0 spiro atoms. The molecule has 0 aliphatic rings. The van der Waals surface area contributed by atoms with Gasteiger partial charge in [-0.3, -0.25) is 14.6 Å². The Balaban J connectivity index is 2.02. The van der Waals surface area contributed by atoms with Crippen LogP contribution in [0.15, 0.2) is 36.7 Å². The average Bonchev–Trinajstić information content (AvgIpc) is 2.62. The van der Waals surface area contributed by atoms with Crippen LogP contribution in [0, 0.1) is 13.8 Å². The topological polar surface area (TPSA) is 74.3 Å². The van der Waals surface area contributed by atoms with Crippen molar-refractivity contribution in [2.45, 2.75) is 20.3 Å². The van der Waals surface area contributed by atoms with Gasteiger partial charge in [-0.2, -0.15) is 0 Å². The molecule has 6 heteroatoms. The summed E-state index contributed by atoms with van der Waals surface area (Å²) in [5.41, 5.74) is 3.61. The lowest BCUT2D eigenvalue weighted by atomic mass is 10.1. The molecule has 0 fully saturated rings. The quantitative estimate of drug-likeness (QED) is 0.750. The van der Waals surface area contributed by atoms with Crippen LogP contribution in [-0.4, -0.2) is 48.9 Å². The van der Waals surface area contributed by atoms with E-state index in [4.69, 9.17) is 0 Å². The van der Waals surface area contributed by atoms with Gasteiger partial charge >= 0.3 is 0 Å². The maximum atomic E-state index is 12.5. The van der Waals surface area contributed by atoms with Gasteiger partial charge in [0, 0.05) is 24.6 Å². The third-order valence-corrected chi connectivity index (χ3v) is 4.18. The van der Waals surface area contributed by atoms with E-state index in [9.17, 15) is 9.59 Å². The summed E-state index contributed by atoms with van der Waals surface area (Å²) in [6.07, 6.45) is 3.79. The van der Waals surface area contributed by atoms with Gasteiger partial charge < -0.3 is 15.5 Å². The fourth-order valence-electron chi connectivity index (χ4n) is 2.47. The molecular weight excluding hydrogens is 328 g/mol. The Hall–Kier alpha value is -2.73. The van der Waals surface area contributed by atoms with Crippen LogP contribution >= 0.6 is 0 Å². The zero-order valence-corrected chi connectivity index (χ0v) is 15.8. The molecule has 1 heterocycles. The molecule has 0 saturated carbocycles. The van der Waals surface area contributed by atoms with Crippen LogP contribution in [0.4, 0.5) is 5.69 Å². The smallest absolute Gasteiger partial charge is 0.257 e. The number of aryl methyl sites for hydroxylation is 1. The third kappa shape index (κ3) is 5.39. The van der Waals surface area contributed by atoms with Crippen LogP contribution in [0.25, 0.3) is 0 Å². The highest BCUT2D eigenvalue weighted by molar-refractivity contribution is 6.06. The molecule has 2 amide bonds. The SMILES string of the molecule is Cc1cccc(NC(=O)c2cncc(C(=O)NCCCN(C)C)c2)c1C. The Kier molecular flexibility index (Phi) is 6.86. The van der Waals surface area contributed by atoms with Crippen molar-refractivity contribution in [1.82, 2.24) is 15.2 Å². The fraction of sp³-hybridized carbons (Fsp3) is 0.350. The maximum Gasteiger partial charge on any atom is 0.257 e. The van der Waals surface area contributed by atoms with Crippen LogP contribution in [0.3, 0.4) is 0 Å². The molecular formula is C20H26N4O2. The molecule has 138 valence electrons. The van der Waals surface area contributed by atoms with Crippen molar-refractivity contribution in [2.75, 3.05) is 32.5 Å². The summed E-state index contributed by atoms with van der Waals surface area (Å²) in [4.78, 5) is 30.8. The highest BCUT2D eigenvalue weighted by Crippen LogP contribution is 2.19. The zero-order valence-electron chi connectivity index (χ0n) is 15.8. The molecule has 0 bridgehead atoms. The van der Waals surface area contributed by atoms with Crippen molar-refractivity contribution in [3.05, 3.63) is 58.9 Å². The summed E-state index contributed by atoms with van der Waals surface area (Å²) in [5, 5.41) is 5.73. The van der Waals surface area contributed by atoms with Gasteiger partial charge in [-0.25, -0.2) is 0 Å². The fourth-order valence-corrected chi connectivity index (χ4v) is 2.47. The van der Waals surface area contributed by atoms with Crippen LogP contribution in [0.2, 0.25) is 0 Å². The second-order valence-corrected chi connectivity index (χ2v) is 6.58. The predicted molar refractivity (Wildman–Crippen MR) is 104 cm³/mol. The number of hydrogen-bond donors (Lipinski definition) is 2. The van der Waals surface area contributed by atoms with E-state index in [0.717, 1.165) is 29.8 Å². The minimum atomic E-state index is -0.284. The van der Waals surface area contributed by atoms with Crippen molar-refractivity contribution in [3.63, 3.8) is 0 Å². The predicted octanol–water partition coefficient (Wildman–Crippen LogP) is 2.63. The summed E-state index contributed by atoms with van der Waals surface area (Å²) in [7, 11) is 3.98. The van der Waals surface area contributed by atoms with Gasteiger partial charge in [-0.05, 0) is 64.2 Å². The lowest BCUT2D eigenvalue weighted by molar-refractivity contribution is 0.0952. The largest absolute Gasteiger partial charge is 0.352 e. The lowest BCUT2D eigenvalue weighted by Crippen LogP contribution is -2.27. The first-order valence-corrected chi connectivity index (χ1v) is 8.64. The van der Waals surface area contributed by atoms with E-state index in [2.05, 4.69) is 20.5 Å². The number of rotatable bonds is 7. The monoisotopic (exact) mass is 354 g/mol. The second-order valence-electron chi connectivity index (χ2n) is 6.58. The van der Waals surface area contributed by atoms with E-state index in [1.54, 1.807) is 6.07 Å². The van der Waals surface area contributed by atoms with Crippen LogP contribution < -0.4 is 10.6 Å². The lowest BCUT2D eigenvalue weighted by Gasteiger charge is -2.11. The van der Waals surface area contributed by atoms with Gasteiger partial charge in [0.1, 0.15) is 0 Å². The highest BCUT2D eigenvalue weighted by atomic mass is 16.2. The van der Waals surface area contributed by atoms with Crippen LogP contribution in [0.5, 0.6) is 0 Å². The van der Waals surface area contributed by atoms with Gasteiger partial charge in [-0.1, -0.05) is 12.1 Å². The number of carbonyl (C=O) groups is 2. The molecule has 0 unspecified atom stereocenters. The first-order chi connectivity index (χ1) is 12.4. The van der Waals surface area contributed by atoms with E-state index in [1.807, 2.05) is 46.1 Å². The minimum absolute atomic E-state index is 0.224. The molecule has 1 aromatic carbocycles. The minimum Gasteiger partial charge on any atom is -0.352 e. The summed E-state index contributed by atoms with van der Waals surface area (Å²) in [5.74, 6) is -0.508. The molecule has 0 saturated heterocycles. The van der Waals surface area contributed by atoms with Crippen molar-refractivity contribution in [3.8, 4) is 0 Å². The van der Waals surface area contributed by atoms with Crippen molar-refractivity contribution < 1.29 is 9.59 Å². The summed E-state index contributed by atoms with van der Waals surface area (Å²) >= 11 is 0. The summed E-state index contributed by atoms with van der Waals surface area (Å²) in [6.45, 7) is 5.43. The Bertz CT molecular complexity index is 787. The van der Waals surface area contributed by atoms with Crippen LogP contribution in [0.1, 0.15) is 38.3 Å². The van der Waals surface area contributed by atoms with Crippen molar-refractivity contribution >= 4 is 17.5 Å². The molecule has 26 heavy (non-hydrogen) atoms. The molecule has 2 rings (SSSR count). The first kappa shape index (κ1) is 19.6. The normalized spacial score (nSPS) is 10.7. The van der Waals surface area contributed by atoms with E-state index in [0.29, 0.717) is 17.7 Å². The molecule has 2 N–H and O–H groups in total. The third-order valence-electron chi connectivity index (χ3n) is 4.18. The van der Waals surface area contributed by atoms with Crippen LogP contribution in [-0.2, 0) is 0 Å².